The van der Waals surface area contributed by atoms with Crippen LogP contribution in [0.1, 0.15) is 30.4 Å². The molecule has 0 bridgehead atoms. The number of nitrogens with one attached hydrogen (secondary N) is 1. The van der Waals surface area contributed by atoms with Crippen LogP contribution < -0.4 is 5.32 Å². The minimum absolute atomic E-state index is 0.0179. The van der Waals surface area contributed by atoms with Crippen molar-refractivity contribution in [1.29, 1.82) is 0 Å². The van der Waals surface area contributed by atoms with Gasteiger partial charge in [-0.25, -0.2) is 0 Å². The molecule has 1 saturated carbocycles. The molecule has 1 amide bonds. The maximum absolute atomic E-state index is 12.1. The molecular formula is C14H18BrNO2. The van der Waals surface area contributed by atoms with Gasteiger partial charge in [0, 0.05) is 11.0 Å². The van der Waals surface area contributed by atoms with Gasteiger partial charge in [0.05, 0.1) is 12.0 Å². The number of benzene rings is 1. The number of aliphatic hydroxyl groups is 1. The average Bonchev–Trinajstić information content (AvgIpc) is 2.29. The van der Waals surface area contributed by atoms with Gasteiger partial charge in [-0.2, -0.15) is 0 Å². The van der Waals surface area contributed by atoms with Crippen molar-refractivity contribution >= 4 is 21.8 Å². The van der Waals surface area contributed by atoms with Crippen LogP contribution in [0.3, 0.4) is 0 Å². The van der Waals surface area contributed by atoms with Gasteiger partial charge < -0.3 is 10.4 Å². The molecule has 4 heteroatoms. The van der Waals surface area contributed by atoms with Crippen LogP contribution >= 0.6 is 15.9 Å². The molecule has 1 fully saturated rings. The predicted octanol–water partition coefficient (Wildman–Crippen LogP) is 2.54. The molecule has 3 nitrogen and oxygen atoms in total. The number of halogens is 1. The maximum atomic E-state index is 12.1. The zero-order chi connectivity index (χ0) is 13.2. The van der Waals surface area contributed by atoms with Crippen LogP contribution in [0, 0.1) is 12.3 Å². The molecular weight excluding hydrogens is 294 g/mol. The van der Waals surface area contributed by atoms with E-state index in [0.29, 0.717) is 6.54 Å². The van der Waals surface area contributed by atoms with Gasteiger partial charge in [-0.1, -0.05) is 28.4 Å². The Hall–Kier alpha value is -0.870. The molecule has 0 aliphatic heterocycles. The Balaban J connectivity index is 1.99. The number of aliphatic hydroxyl groups excluding tert-OH is 1. The van der Waals surface area contributed by atoms with Crippen LogP contribution in [0.2, 0.25) is 0 Å². The average molecular weight is 312 g/mol. The quantitative estimate of drug-likeness (QED) is 0.897. The minimum atomic E-state index is -0.514. The molecule has 0 spiro atoms. The third-order valence-electron chi connectivity index (χ3n) is 3.85. The molecule has 0 unspecified atom stereocenters. The molecule has 0 aromatic heterocycles. The smallest absolute Gasteiger partial charge is 0.228 e. The van der Waals surface area contributed by atoms with Gasteiger partial charge in [0.1, 0.15) is 0 Å². The van der Waals surface area contributed by atoms with Crippen LogP contribution in [0.25, 0.3) is 0 Å². The van der Waals surface area contributed by atoms with E-state index in [1.807, 2.05) is 25.1 Å². The lowest BCUT2D eigenvalue weighted by atomic mass is 9.68. The summed E-state index contributed by atoms with van der Waals surface area (Å²) in [7, 11) is 0. The number of amides is 1. The summed E-state index contributed by atoms with van der Waals surface area (Å²) in [6.45, 7) is 2.50. The highest BCUT2D eigenvalue weighted by Crippen LogP contribution is 2.40. The molecule has 0 atom stereocenters. The Morgan fingerprint density at radius 3 is 2.78 bits per heavy atom. The van der Waals surface area contributed by atoms with Crippen LogP contribution in [0.4, 0.5) is 0 Å². The fraction of sp³-hybridized carbons (Fsp3) is 0.500. The van der Waals surface area contributed by atoms with Gasteiger partial charge in [-0.15, -0.1) is 0 Å². The molecule has 98 valence electrons. The summed E-state index contributed by atoms with van der Waals surface area (Å²) in [6, 6.07) is 6.03. The Bertz CT molecular complexity index is 450. The second-order valence-corrected chi connectivity index (χ2v) is 5.96. The molecule has 0 radical (unpaired) electrons. The molecule has 1 aliphatic carbocycles. The second kappa shape index (κ2) is 5.41. The van der Waals surface area contributed by atoms with Crippen molar-refractivity contribution in [3.8, 4) is 0 Å². The topological polar surface area (TPSA) is 49.3 Å². The molecule has 18 heavy (non-hydrogen) atoms. The highest BCUT2D eigenvalue weighted by atomic mass is 79.9. The molecule has 0 heterocycles. The fourth-order valence-corrected chi connectivity index (χ4v) is 2.66. The van der Waals surface area contributed by atoms with E-state index in [1.165, 1.54) is 0 Å². The summed E-state index contributed by atoms with van der Waals surface area (Å²) in [5, 5.41) is 12.3. The van der Waals surface area contributed by atoms with Crippen molar-refractivity contribution < 1.29 is 9.90 Å². The van der Waals surface area contributed by atoms with Gasteiger partial charge in [0.25, 0.3) is 0 Å². The van der Waals surface area contributed by atoms with Crippen molar-refractivity contribution in [2.45, 2.75) is 32.7 Å². The Morgan fingerprint density at radius 2 is 2.22 bits per heavy atom. The Kier molecular flexibility index (Phi) is 4.07. The molecule has 0 saturated heterocycles. The Labute approximate surface area is 116 Å². The first-order chi connectivity index (χ1) is 8.57. The third kappa shape index (κ3) is 2.59. The van der Waals surface area contributed by atoms with Gasteiger partial charge in [0.15, 0.2) is 0 Å². The van der Waals surface area contributed by atoms with E-state index in [9.17, 15) is 9.90 Å². The zero-order valence-electron chi connectivity index (χ0n) is 10.5. The van der Waals surface area contributed by atoms with Crippen molar-refractivity contribution in [3.05, 3.63) is 33.8 Å². The number of hydrogen-bond acceptors (Lipinski definition) is 2. The first kappa shape index (κ1) is 13.6. The lowest BCUT2D eigenvalue weighted by Gasteiger charge is -2.38. The van der Waals surface area contributed by atoms with E-state index in [0.717, 1.165) is 34.9 Å². The number of carbonyl (C=O) groups excluding carboxylic acids is 1. The van der Waals surface area contributed by atoms with Crippen molar-refractivity contribution in [2.75, 3.05) is 6.61 Å². The van der Waals surface area contributed by atoms with Crippen LogP contribution in [0.5, 0.6) is 0 Å². The van der Waals surface area contributed by atoms with Gasteiger partial charge >= 0.3 is 0 Å². The zero-order valence-corrected chi connectivity index (χ0v) is 12.1. The van der Waals surface area contributed by atoms with E-state index in [1.54, 1.807) is 0 Å². The molecule has 1 aromatic carbocycles. The lowest BCUT2D eigenvalue weighted by molar-refractivity contribution is -0.139. The van der Waals surface area contributed by atoms with Gasteiger partial charge in [-0.05, 0) is 43.0 Å². The summed E-state index contributed by atoms with van der Waals surface area (Å²) in [5.74, 6) is -0.0179. The highest BCUT2D eigenvalue weighted by Gasteiger charge is 2.43. The molecule has 2 N–H and O–H groups in total. The summed E-state index contributed by atoms with van der Waals surface area (Å²) >= 11 is 3.43. The fourth-order valence-electron chi connectivity index (χ4n) is 2.25. The predicted molar refractivity (Wildman–Crippen MR) is 74.1 cm³/mol. The number of aryl methyl sites for hydroxylation is 1. The van der Waals surface area contributed by atoms with Crippen LogP contribution in [-0.4, -0.2) is 17.6 Å². The second-order valence-electron chi connectivity index (χ2n) is 5.05. The van der Waals surface area contributed by atoms with Crippen molar-refractivity contribution in [2.24, 2.45) is 5.41 Å². The van der Waals surface area contributed by atoms with E-state index in [-0.39, 0.29) is 12.5 Å². The van der Waals surface area contributed by atoms with E-state index in [4.69, 9.17) is 0 Å². The Morgan fingerprint density at radius 1 is 1.50 bits per heavy atom. The monoisotopic (exact) mass is 311 g/mol. The number of rotatable bonds is 4. The molecule has 1 aliphatic rings. The van der Waals surface area contributed by atoms with Crippen LogP contribution in [0.15, 0.2) is 22.7 Å². The minimum Gasteiger partial charge on any atom is -0.395 e. The summed E-state index contributed by atoms with van der Waals surface area (Å²) in [4.78, 5) is 12.1. The van der Waals surface area contributed by atoms with E-state index >= 15 is 0 Å². The molecule has 1 aromatic rings. The van der Waals surface area contributed by atoms with Crippen molar-refractivity contribution in [1.82, 2.24) is 5.32 Å². The summed E-state index contributed by atoms with van der Waals surface area (Å²) < 4.78 is 1.01. The summed E-state index contributed by atoms with van der Waals surface area (Å²) in [6.07, 6.45) is 2.63. The van der Waals surface area contributed by atoms with Crippen LogP contribution in [-0.2, 0) is 11.3 Å². The first-order valence-corrected chi connectivity index (χ1v) is 7.01. The third-order valence-corrected chi connectivity index (χ3v) is 4.34. The SMILES string of the molecule is Cc1ccc(Br)cc1CNC(=O)C1(CO)CCC1. The van der Waals surface area contributed by atoms with E-state index in [2.05, 4.69) is 21.2 Å². The van der Waals surface area contributed by atoms with E-state index < -0.39 is 5.41 Å². The number of carbonyl (C=O) groups is 1. The number of hydrogen-bond donors (Lipinski definition) is 2. The maximum Gasteiger partial charge on any atom is 0.228 e. The normalized spacial score (nSPS) is 17.1. The highest BCUT2D eigenvalue weighted by molar-refractivity contribution is 9.10. The largest absolute Gasteiger partial charge is 0.395 e. The molecule has 2 rings (SSSR count). The van der Waals surface area contributed by atoms with Crippen molar-refractivity contribution in [3.63, 3.8) is 0 Å². The van der Waals surface area contributed by atoms with Gasteiger partial charge in [-0.3, -0.25) is 4.79 Å². The first-order valence-electron chi connectivity index (χ1n) is 6.22. The standard InChI is InChI=1S/C14H18BrNO2/c1-10-3-4-12(15)7-11(10)8-16-13(18)14(9-17)5-2-6-14/h3-4,7,17H,2,5-6,8-9H2,1H3,(H,16,18). The summed E-state index contributed by atoms with van der Waals surface area (Å²) in [5.41, 5.74) is 1.75. The van der Waals surface area contributed by atoms with Gasteiger partial charge in [0.2, 0.25) is 5.91 Å². The lowest BCUT2D eigenvalue weighted by Crippen LogP contribution is -2.47.